The Bertz CT molecular complexity index is 630. The van der Waals surface area contributed by atoms with E-state index in [1.807, 2.05) is 12.1 Å². The minimum absolute atomic E-state index is 0.0107. The highest BCUT2D eigenvalue weighted by Crippen LogP contribution is 2.26. The lowest BCUT2D eigenvalue weighted by Gasteiger charge is -2.19. The molecular formula is C21H24O. The molecule has 0 N–H and O–H groups in total. The molecule has 1 atom stereocenters. The maximum Gasteiger partial charge on any atom is 0.127 e. The SMILES string of the molecule is C=CC=COC(Cc1ccccc1)c1cc(C)c(C)c(C)c1. The zero-order valence-electron chi connectivity index (χ0n) is 13.7. The van der Waals surface area contributed by atoms with E-state index < -0.39 is 0 Å². The number of allylic oxidation sites excluding steroid dienone is 2. The summed E-state index contributed by atoms with van der Waals surface area (Å²) in [4.78, 5) is 0. The molecule has 0 saturated carbocycles. The van der Waals surface area contributed by atoms with Crippen molar-refractivity contribution < 1.29 is 4.74 Å². The van der Waals surface area contributed by atoms with Gasteiger partial charge >= 0.3 is 0 Å². The van der Waals surface area contributed by atoms with Crippen molar-refractivity contribution in [3.63, 3.8) is 0 Å². The average Bonchev–Trinajstić information content (AvgIpc) is 2.52. The molecule has 0 aliphatic heterocycles. The van der Waals surface area contributed by atoms with Crippen LogP contribution in [0.1, 0.15) is 33.9 Å². The molecular weight excluding hydrogens is 268 g/mol. The Morgan fingerprint density at radius 3 is 2.27 bits per heavy atom. The number of ether oxygens (including phenoxy) is 1. The van der Waals surface area contributed by atoms with E-state index >= 15 is 0 Å². The predicted molar refractivity (Wildman–Crippen MR) is 94.0 cm³/mol. The average molecular weight is 292 g/mol. The van der Waals surface area contributed by atoms with Crippen LogP contribution in [-0.2, 0) is 11.2 Å². The van der Waals surface area contributed by atoms with Gasteiger partial charge in [0.1, 0.15) is 6.10 Å². The minimum atomic E-state index is 0.0107. The largest absolute Gasteiger partial charge is 0.493 e. The summed E-state index contributed by atoms with van der Waals surface area (Å²) in [5, 5.41) is 0. The molecule has 2 rings (SSSR count). The van der Waals surface area contributed by atoms with E-state index in [0.29, 0.717) is 0 Å². The van der Waals surface area contributed by atoms with Gasteiger partial charge in [0, 0.05) is 6.42 Å². The van der Waals surface area contributed by atoms with Gasteiger partial charge in [-0.25, -0.2) is 0 Å². The summed E-state index contributed by atoms with van der Waals surface area (Å²) < 4.78 is 5.97. The van der Waals surface area contributed by atoms with Crippen molar-refractivity contribution in [2.45, 2.75) is 33.3 Å². The second kappa shape index (κ2) is 7.65. The lowest BCUT2D eigenvalue weighted by molar-refractivity contribution is 0.146. The minimum Gasteiger partial charge on any atom is -0.493 e. The first-order valence-corrected chi connectivity index (χ1v) is 7.66. The first-order valence-electron chi connectivity index (χ1n) is 7.66. The van der Waals surface area contributed by atoms with Crippen molar-refractivity contribution in [3.8, 4) is 0 Å². The molecule has 0 heterocycles. The lowest BCUT2D eigenvalue weighted by Crippen LogP contribution is -2.06. The van der Waals surface area contributed by atoms with Crippen molar-refractivity contribution in [1.29, 1.82) is 0 Å². The van der Waals surface area contributed by atoms with Gasteiger partial charge in [0.25, 0.3) is 0 Å². The van der Waals surface area contributed by atoms with Crippen LogP contribution in [0.4, 0.5) is 0 Å². The first-order chi connectivity index (χ1) is 10.6. The van der Waals surface area contributed by atoms with E-state index in [4.69, 9.17) is 4.74 Å². The predicted octanol–water partition coefficient (Wildman–Crippen LogP) is 5.61. The molecule has 0 saturated heterocycles. The number of rotatable bonds is 6. The summed E-state index contributed by atoms with van der Waals surface area (Å²) in [7, 11) is 0. The molecule has 1 heteroatoms. The Kier molecular flexibility index (Phi) is 5.60. The quantitative estimate of drug-likeness (QED) is 0.496. The zero-order valence-corrected chi connectivity index (χ0v) is 13.7. The molecule has 0 bridgehead atoms. The van der Waals surface area contributed by atoms with Crippen LogP contribution in [-0.4, -0.2) is 0 Å². The maximum absolute atomic E-state index is 5.97. The van der Waals surface area contributed by atoms with Crippen molar-refractivity contribution in [2.24, 2.45) is 0 Å². The zero-order chi connectivity index (χ0) is 15.9. The van der Waals surface area contributed by atoms with Gasteiger partial charge < -0.3 is 4.74 Å². The molecule has 22 heavy (non-hydrogen) atoms. The summed E-state index contributed by atoms with van der Waals surface area (Å²) in [5.74, 6) is 0. The van der Waals surface area contributed by atoms with Gasteiger partial charge in [0.2, 0.25) is 0 Å². The number of benzene rings is 2. The molecule has 0 aliphatic rings. The molecule has 0 amide bonds. The molecule has 0 aliphatic carbocycles. The Hall–Kier alpha value is -2.28. The van der Waals surface area contributed by atoms with Crippen LogP contribution in [0.25, 0.3) is 0 Å². The van der Waals surface area contributed by atoms with Gasteiger partial charge in [0.15, 0.2) is 0 Å². The highest BCUT2D eigenvalue weighted by atomic mass is 16.5. The van der Waals surface area contributed by atoms with E-state index in [9.17, 15) is 0 Å². The summed E-state index contributed by atoms with van der Waals surface area (Å²) >= 11 is 0. The van der Waals surface area contributed by atoms with Crippen LogP contribution in [0.3, 0.4) is 0 Å². The summed E-state index contributed by atoms with van der Waals surface area (Å²) in [5.41, 5.74) is 6.46. The van der Waals surface area contributed by atoms with Gasteiger partial charge in [-0.3, -0.25) is 0 Å². The Morgan fingerprint density at radius 2 is 1.68 bits per heavy atom. The standard InChI is InChI=1S/C21H24O/c1-5-6-12-22-21(15-19-10-8-7-9-11-19)20-13-16(2)18(4)17(3)14-20/h5-14,21H,1,15H2,2-4H3. The van der Waals surface area contributed by atoms with Crippen molar-refractivity contribution >= 4 is 0 Å². The first kappa shape index (κ1) is 16.1. The third-order valence-electron chi connectivity index (χ3n) is 4.04. The Labute approximate surface area is 134 Å². The van der Waals surface area contributed by atoms with E-state index in [0.717, 1.165) is 6.42 Å². The second-order valence-electron chi connectivity index (χ2n) is 5.66. The van der Waals surface area contributed by atoms with E-state index in [-0.39, 0.29) is 6.10 Å². The van der Waals surface area contributed by atoms with E-state index in [1.165, 1.54) is 27.8 Å². The molecule has 0 aromatic heterocycles. The van der Waals surface area contributed by atoms with Crippen molar-refractivity contribution in [2.75, 3.05) is 0 Å². The number of aryl methyl sites for hydroxylation is 2. The number of hydrogen-bond donors (Lipinski definition) is 0. The monoisotopic (exact) mass is 292 g/mol. The second-order valence-corrected chi connectivity index (χ2v) is 5.66. The van der Waals surface area contributed by atoms with Crippen LogP contribution in [0.5, 0.6) is 0 Å². The van der Waals surface area contributed by atoms with Gasteiger partial charge in [-0.1, -0.05) is 55.1 Å². The Morgan fingerprint density at radius 1 is 1.05 bits per heavy atom. The smallest absolute Gasteiger partial charge is 0.127 e. The highest BCUT2D eigenvalue weighted by Gasteiger charge is 2.14. The van der Waals surface area contributed by atoms with Crippen LogP contribution >= 0.6 is 0 Å². The number of hydrogen-bond acceptors (Lipinski definition) is 1. The van der Waals surface area contributed by atoms with Gasteiger partial charge in [-0.2, -0.15) is 0 Å². The highest BCUT2D eigenvalue weighted by molar-refractivity contribution is 5.38. The fourth-order valence-corrected chi connectivity index (χ4v) is 2.52. The fourth-order valence-electron chi connectivity index (χ4n) is 2.52. The molecule has 1 unspecified atom stereocenters. The Balaban J connectivity index is 2.31. The molecule has 114 valence electrons. The van der Waals surface area contributed by atoms with Crippen LogP contribution in [0.2, 0.25) is 0 Å². The molecule has 0 fully saturated rings. The lowest BCUT2D eigenvalue weighted by atomic mass is 9.95. The third-order valence-corrected chi connectivity index (χ3v) is 4.04. The third kappa shape index (κ3) is 4.11. The molecule has 2 aromatic carbocycles. The summed E-state index contributed by atoms with van der Waals surface area (Å²) in [6.45, 7) is 10.2. The maximum atomic E-state index is 5.97. The summed E-state index contributed by atoms with van der Waals surface area (Å²) in [6.07, 6.45) is 6.14. The van der Waals surface area contributed by atoms with E-state index in [2.05, 4.69) is 63.7 Å². The van der Waals surface area contributed by atoms with Gasteiger partial charge in [-0.15, -0.1) is 0 Å². The van der Waals surface area contributed by atoms with Crippen LogP contribution < -0.4 is 0 Å². The van der Waals surface area contributed by atoms with Crippen LogP contribution in [0.15, 0.2) is 67.5 Å². The van der Waals surface area contributed by atoms with Gasteiger partial charge in [-0.05, 0) is 54.7 Å². The topological polar surface area (TPSA) is 9.23 Å². The van der Waals surface area contributed by atoms with Crippen molar-refractivity contribution in [3.05, 3.63) is 95.3 Å². The van der Waals surface area contributed by atoms with Gasteiger partial charge in [0.05, 0.1) is 6.26 Å². The molecule has 1 nitrogen and oxygen atoms in total. The van der Waals surface area contributed by atoms with Crippen molar-refractivity contribution in [1.82, 2.24) is 0 Å². The molecule has 2 aromatic rings. The normalized spacial score (nSPS) is 12.3. The molecule has 0 radical (unpaired) electrons. The summed E-state index contributed by atoms with van der Waals surface area (Å²) in [6, 6.07) is 14.9. The van der Waals surface area contributed by atoms with E-state index in [1.54, 1.807) is 12.3 Å². The van der Waals surface area contributed by atoms with Crippen LogP contribution in [0, 0.1) is 20.8 Å². The molecule has 0 spiro atoms. The fraction of sp³-hybridized carbons (Fsp3) is 0.238.